The van der Waals surface area contributed by atoms with E-state index in [1.54, 1.807) is 0 Å². The van der Waals surface area contributed by atoms with E-state index in [9.17, 15) is 37.5 Å². The number of aromatic nitrogens is 2. The average Bonchev–Trinajstić information content (AvgIpc) is 3.29. The summed E-state index contributed by atoms with van der Waals surface area (Å²) in [6.45, 7) is 0.784. The lowest BCUT2D eigenvalue weighted by molar-refractivity contribution is -0.119. The molecule has 2 heterocycles. The molecule has 10 nitrogen and oxygen atoms in total. The van der Waals surface area contributed by atoms with Crippen molar-refractivity contribution in [1.29, 1.82) is 0 Å². The van der Waals surface area contributed by atoms with Crippen LogP contribution in [0.3, 0.4) is 0 Å². The number of H-pyrrole nitrogens is 1. The first kappa shape index (κ1) is 26.5. The predicted octanol–water partition coefficient (Wildman–Crippen LogP) is 2.95. The summed E-state index contributed by atoms with van der Waals surface area (Å²) < 4.78 is 54.5. The molecule has 4 aromatic rings. The molecule has 0 aliphatic carbocycles. The lowest BCUT2D eigenvalue weighted by atomic mass is 10.2. The topological polar surface area (TPSA) is 140 Å². The number of benzene rings is 2. The largest absolute Gasteiger partial charge is 0.491 e. The Labute approximate surface area is 214 Å². The first-order valence-corrected chi connectivity index (χ1v) is 11.7. The molecule has 0 radical (unpaired) electrons. The molecule has 0 unspecified atom stereocenters. The van der Waals surface area contributed by atoms with Crippen molar-refractivity contribution >= 4 is 34.1 Å². The molecule has 0 spiro atoms. The quantitative estimate of drug-likeness (QED) is 0.273. The van der Waals surface area contributed by atoms with Crippen LogP contribution in [0.2, 0.25) is 0 Å². The lowest BCUT2D eigenvalue weighted by Gasteiger charge is -2.15. The summed E-state index contributed by atoms with van der Waals surface area (Å²) in [5.74, 6) is -5.31. The van der Waals surface area contributed by atoms with Gasteiger partial charge in [0.1, 0.15) is 35.4 Å². The number of aromatic carboxylic acids is 1. The summed E-state index contributed by atoms with van der Waals surface area (Å²) in [5, 5.41) is 12.8. The number of rotatable bonds is 9. The summed E-state index contributed by atoms with van der Waals surface area (Å²) in [4.78, 5) is 50.1. The van der Waals surface area contributed by atoms with Gasteiger partial charge < -0.3 is 24.9 Å². The molecule has 38 heavy (non-hydrogen) atoms. The Morgan fingerprint density at radius 2 is 1.84 bits per heavy atom. The molecule has 0 bridgehead atoms. The molecule has 0 aliphatic heterocycles. The maximum absolute atomic E-state index is 14.7. The number of carboxylic acid groups (broad SMARTS) is 1. The normalized spacial score (nSPS) is 10.9. The second-order valence-electron chi connectivity index (χ2n) is 7.80. The zero-order valence-electron chi connectivity index (χ0n) is 19.5. The molecular weight excluding hydrogens is 531 g/mol. The molecule has 0 fully saturated rings. The van der Waals surface area contributed by atoms with E-state index in [-0.39, 0.29) is 51.9 Å². The van der Waals surface area contributed by atoms with E-state index in [4.69, 9.17) is 9.47 Å². The van der Waals surface area contributed by atoms with Gasteiger partial charge in [0.25, 0.3) is 5.56 Å². The number of hydrogen-bond donors (Lipinski definition) is 3. The molecule has 0 saturated heterocycles. The fourth-order valence-electron chi connectivity index (χ4n) is 3.56. The number of nitrogens with one attached hydrogen (secondary N) is 2. The van der Waals surface area contributed by atoms with Gasteiger partial charge in [-0.1, -0.05) is 0 Å². The number of halogens is 3. The van der Waals surface area contributed by atoms with Crippen molar-refractivity contribution in [2.75, 3.05) is 13.2 Å². The summed E-state index contributed by atoms with van der Waals surface area (Å²) >= 11 is 0.723. The minimum atomic E-state index is -1.40. The molecule has 4 rings (SSSR count). The third kappa shape index (κ3) is 5.25. The number of hydrogen-bond acceptors (Lipinski definition) is 7. The number of ether oxygens (including phenoxy) is 2. The smallest absolute Gasteiger partial charge is 0.346 e. The zero-order valence-corrected chi connectivity index (χ0v) is 20.3. The third-order valence-electron chi connectivity index (χ3n) is 5.28. The van der Waals surface area contributed by atoms with Crippen LogP contribution in [0.4, 0.5) is 13.2 Å². The summed E-state index contributed by atoms with van der Waals surface area (Å²) in [7, 11) is 0. The highest BCUT2D eigenvalue weighted by Gasteiger charge is 2.21. The molecule has 3 N–H and O–H groups in total. The Balaban J connectivity index is 1.66. The third-order valence-corrected chi connectivity index (χ3v) is 6.24. The lowest BCUT2D eigenvalue weighted by Crippen LogP contribution is -2.34. The molecule has 1 amide bonds. The average molecular weight is 549 g/mol. The van der Waals surface area contributed by atoms with Gasteiger partial charge in [-0.15, -0.1) is 11.3 Å². The minimum Gasteiger partial charge on any atom is -0.491 e. The fraction of sp³-hybridized carbons (Fsp3) is 0.167. The van der Waals surface area contributed by atoms with Crippen molar-refractivity contribution in [3.63, 3.8) is 0 Å². The van der Waals surface area contributed by atoms with E-state index in [1.807, 2.05) is 0 Å². The first-order chi connectivity index (χ1) is 18.1. The van der Waals surface area contributed by atoms with Crippen molar-refractivity contribution in [2.45, 2.75) is 13.5 Å². The molecule has 14 heteroatoms. The number of amides is 1. The van der Waals surface area contributed by atoms with Gasteiger partial charge in [0.15, 0.2) is 11.6 Å². The Hall–Kier alpha value is -4.59. The number of nitrogens with zero attached hydrogens (tertiary/aromatic N) is 1. The molecule has 2 aromatic carbocycles. The molecule has 0 saturated carbocycles. The van der Waals surface area contributed by atoms with Crippen LogP contribution in [-0.4, -0.2) is 39.7 Å². The predicted molar refractivity (Wildman–Crippen MR) is 130 cm³/mol. The Bertz CT molecular complexity index is 1680. The Morgan fingerprint density at radius 1 is 1.11 bits per heavy atom. The highest BCUT2D eigenvalue weighted by molar-refractivity contribution is 7.13. The van der Waals surface area contributed by atoms with E-state index in [0.29, 0.717) is 4.57 Å². The van der Waals surface area contributed by atoms with Gasteiger partial charge in [-0.2, -0.15) is 0 Å². The monoisotopic (exact) mass is 549 g/mol. The van der Waals surface area contributed by atoms with E-state index < -0.39 is 47.0 Å². The van der Waals surface area contributed by atoms with Gasteiger partial charge in [0.05, 0.1) is 28.7 Å². The highest BCUT2D eigenvalue weighted by Crippen LogP contribution is 2.27. The summed E-state index contributed by atoms with van der Waals surface area (Å²) in [6.07, 6.45) is 0. The maximum Gasteiger partial charge on any atom is 0.346 e. The van der Waals surface area contributed by atoms with Crippen LogP contribution in [-0.2, 0) is 11.4 Å². The fourth-order valence-corrected chi connectivity index (χ4v) is 4.38. The highest BCUT2D eigenvalue weighted by atomic mass is 32.1. The second-order valence-corrected chi connectivity index (χ2v) is 8.68. The molecule has 198 valence electrons. The Morgan fingerprint density at radius 3 is 2.55 bits per heavy atom. The van der Waals surface area contributed by atoms with Gasteiger partial charge in [-0.25, -0.2) is 27.3 Å². The number of thiophene rings is 1. The number of carbonyl (C=O) groups excluding carboxylic acids is 1. The maximum atomic E-state index is 14.7. The van der Waals surface area contributed by atoms with Crippen LogP contribution in [0, 0.1) is 17.5 Å². The van der Waals surface area contributed by atoms with Crippen LogP contribution in [0.15, 0.2) is 45.3 Å². The standard InChI is InChI=1S/C24H18F3N3O7S/c1-11(31)28-6-7-36-18-5-4-15(26)20(27)13(18)9-37-12-2-3-14(25)17(8-12)30-22(32)19-16(29-24(30)35)10-38-21(19)23(33)34/h2-5,8,10H,6-7,9H2,1H3,(H,28,31)(H,29,35)(H,33,34). The van der Waals surface area contributed by atoms with Crippen molar-refractivity contribution in [3.05, 3.63) is 84.4 Å². The van der Waals surface area contributed by atoms with Crippen LogP contribution >= 0.6 is 11.3 Å². The van der Waals surface area contributed by atoms with E-state index in [1.165, 1.54) is 18.4 Å². The van der Waals surface area contributed by atoms with Crippen molar-refractivity contribution in [3.8, 4) is 17.2 Å². The Kier molecular flexibility index (Phi) is 7.52. The van der Waals surface area contributed by atoms with E-state index >= 15 is 0 Å². The molecule has 0 aliphatic rings. The van der Waals surface area contributed by atoms with Crippen LogP contribution < -0.4 is 26.0 Å². The van der Waals surface area contributed by atoms with E-state index in [0.717, 1.165) is 35.6 Å². The number of carbonyl (C=O) groups is 2. The number of aromatic amines is 1. The molecule has 0 atom stereocenters. The van der Waals surface area contributed by atoms with Gasteiger partial charge in [-0.3, -0.25) is 9.59 Å². The summed E-state index contributed by atoms with van der Waals surface area (Å²) in [6, 6.07) is 5.04. The molecular formula is C24H18F3N3O7S. The zero-order chi connectivity index (χ0) is 27.6. The van der Waals surface area contributed by atoms with Crippen molar-refractivity contribution in [1.82, 2.24) is 14.9 Å². The minimum absolute atomic E-state index is 0.0147. The van der Waals surface area contributed by atoms with Gasteiger partial charge in [0.2, 0.25) is 5.91 Å². The van der Waals surface area contributed by atoms with Crippen LogP contribution in [0.5, 0.6) is 11.5 Å². The molecule has 2 aromatic heterocycles. The van der Waals surface area contributed by atoms with Crippen LogP contribution in [0.1, 0.15) is 22.2 Å². The first-order valence-electron chi connectivity index (χ1n) is 10.8. The van der Waals surface area contributed by atoms with Gasteiger partial charge in [0, 0.05) is 18.4 Å². The van der Waals surface area contributed by atoms with Crippen molar-refractivity contribution < 1.29 is 37.3 Å². The summed E-state index contributed by atoms with van der Waals surface area (Å²) in [5.41, 5.74) is -2.97. The number of carboxylic acids is 1. The second kappa shape index (κ2) is 10.8. The van der Waals surface area contributed by atoms with E-state index in [2.05, 4.69) is 10.3 Å². The van der Waals surface area contributed by atoms with Gasteiger partial charge in [-0.05, 0) is 24.3 Å². The van der Waals surface area contributed by atoms with Crippen LogP contribution in [0.25, 0.3) is 16.6 Å². The van der Waals surface area contributed by atoms with Crippen molar-refractivity contribution in [2.24, 2.45) is 0 Å². The van der Waals surface area contributed by atoms with Gasteiger partial charge >= 0.3 is 11.7 Å². The number of fused-ring (bicyclic) bond motifs is 1. The SMILES string of the molecule is CC(=O)NCCOc1ccc(F)c(F)c1COc1ccc(F)c(-n2c(=O)[nH]c3csc(C(=O)O)c3c2=O)c1.